The van der Waals surface area contributed by atoms with Crippen molar-refractivity contribution in [2.24, 2.45) is 0 Å². The van der Waals surface area contributed by atoms with Gasteiger partial charge in [-0.25, -0.2) is 0 Å². The monoisotopic (exact) mass is 296 g/mol. The van der Waals surface area contributed by atoms with Crippen LogP contribution in [0.2, 0.25) is 0 Å². The zero-order valence-electron chi connectivity index (χ0n) is 11.7. The number of rotatable bonds is 0. The van der Waals surface area contributed by atoms with E-state index in [2.05, 4.69) is 0 Å². The van der Waals surface area contributed by atoms with Gasteiger partial charge in [0.1, 0.15) is 24.4 Å². The third-order valence-electron chi connectivity index (χ3n) is 4.54. The second-order valence-corrected chi connectivity index (χ2v) is 5.82. The van der Waals surface area contributed by atoms with Gasteiger partial charge in [-0.2, -0.15) is 0 Å². The highest BCUT2D eigenvalue weighted by Crippen LogP contribution is 2.40. The van der Waals surface area contributed by atoms with E-state index in [1.54, 1.807) is 24.3 Å². The lowest BCUT2D eigenvalue weighted by molar-refractivity contribution is 0.0471. The first kappa shape index (κ1) is 13.7. The molecule has 2 aromatic carbocycles. The molecule has 22 heavy (non-hydrogen) atoms. The Bertz CT molecular complexity index is 752. The van der Waals surface area contributed by atoms with Crippen molar-refractivity contribution >= 4 is 22.9 Å². The van der Waals surface area contributed by atoms with E-state index >= 15 is 0 Å². The fourth-order valence-electron chi connectivity index (χ4n) is 3.39. The molecular formula is C18H16O4. The molecule has 4 rings (SSSR count). The highest BCUT2D eigenvalue weighted by molar-refractivity contribution is 5.95. The van der Waals surface area contributed by atoms with Crippen LogP contribution in [-0.2, 0) is 0 Å². The van der Waals surface area contributed by atoms with Crippen molar-refractivity contribution < 1.29 is 20.4 Å². The maximum Gasteiger partial charge on any atom is 0.110 e. The van der Waals surface area contributed by atoms with Crippen LogP contribution in [0.1, 0.15) is 34.5 Å². The van der Waals surface area contributed by atoms with Crippen LogP contribution in [0.3, 0.4) is 0 Å². The van der Waals surface area contributed by atoms with E-state index in [0.717, 1.165) is 21.9 Å². The van der Waals surface area contributed by atoms with Gasteiger partial charge in [0.2, 0.25) is 0 Å². The molecule has 0 saturated carbocycles. The Balaban J connectivity index is 2.06. The standard InChI is InChI=1S/C18H16O4/c19-13-7-3-9-1-5-11-12(15(9)17(13)21)6-2-10-4-8-14(20)18(22)16(10)11/h1-8,13-14,17-22H/t13-,14-,17-,18-/m0/s1. The van der Waals surface area contributed by atoms with E-state index in [0.29, 0.717) is 11.1 Å². The highest BCUT2D eigenvalue weighted by atomic mass is 16.3. The zero-order valence-corrected chi connectivity index (χ0v) is 11.7. The molecule has 0 aliphatic heterocycles. The second kappa shape index (κ2) is 4.76. The van der Waals surface area contributed by atoms with E-state index in [1.807, 2.05) is 24.3 Å². The van der Waals surface area contributed by atoms with Crippen molar-refractivity contribution in [2.45, 2.75) is 24.4 Å². The Morgan fingerprint density at radius 1 is 0.591 bits per heavy atom. The molecule has 0 saturated heterocycles. The minimum absolute atomic E-state index is 0.659. The largest absolute Gasteiger partial charge is 0.386 e. The number of benzene rings is 2. The summed E-state index contributed by atoms with van der Waals surface area (Å²) in [5, 5.41) is 42.0. The van der Waals surface area contributed by atoms with Crippen LogP contribution < -0.4 is 0 Å². The second-order valence-electron chi connectivity index (χ2n) is 5.82. The summed E-state index contributed by atoms with van der Waals surface area (Å²) in [5.41, 5.74) is 3.02. The molecule has 0 aromatic heterocycles. The predicted octanol–water partition coefficient (Wildman–Crippen LogP) is 1.68. The van der Waals surface area contributed by atoms with Gasteiger partial charge >= 0.3 is 0 Å². The predicted molar refractivity (Wildman–Crippen MR) is 83.9 cm³/mol. The van der Waals surface area contributed by atoms with E-state index in [-0.39, 0.29) is 0 Å². The van der Waals surface area contributed by atoms with Gasteiger partial charge in [-0.15, -0.1) is 0 Å². The summed E-state index contributed by atoms with van der Waals surface area (Å²) in [6.45, 7) is 0. The number of fused-ring (bicyclic) bond motifs is 5. The lowest BCUT2D eigenvalue weighted by atomic mass is 9.83. The van der Waals surface area contributed by atoms with Crippen LogP contribution in [0.4, 0.5) is 0 Å². The van der Waals surface area contributed by atoms with Gasteiger partial charge in [-0.05, 0) is 33.0 Å². The van der Waals surface area contributed by atoms with E-state index in [1.165, 1.54) is 0 Å². The molecule has 4 atom stereocenters. The fraction of sp³-hybridized carbons (Fsp3) is 0.222. The SMILES string of the molecule is O[C@@H]1c2c(ccc3c4c(ccc23)C=C[C@H](O)[C@@H]4O)C=C[C@@H]1O. The first-order valence-corrected chi connectivity index (χ1v) is 7.26. The lowest BCUT2D eigenvalue weighted by Crippen LogP contribution is -2.21. The Morgan fingerprint density at radius 2 is 1.00 bits per heavy atom. The van der Waals surface area contributed by atoms with Gasteiger partial charge in [0.15, 0.2) is 0 Å². The Kier molecular flexibility index (Phi) is 2.96. The quantitative estimate of drug-likeness (QED) is 0.596. The smallest absolute Gasteiger partial charge is 0.110 e. The molecule has 2 aliphatic rings. The topological polar surface area (TPSA) is 80.9 Å². The van der Waals surface area contributed by atoms with E-state index < -0.39 is 24.4 Å². The molecule has 112 valence electrons. The van der Waals surface area contributed by atoms with Gasteiger partial charge < -0.3 is 20.4 Å². The normalized spacial score (nSPS) is 29.5. The molecule has 0 unspecified atom stereocenters. The first-order valence-electron chi connectivity index (χ1n) is 7.26. The maximum absolute atomic E-state index is 10.3. The van der Waals surface area contributed by atoms with Crippen molar-refractivity contribution in [3.05, 3.63) is 58.7 Å². The molecule has 0 spiro atoms. The molecule has 2 aromatic rings. The molecule has 4 nitrogen and oxygen atoms in total. The fourth-order valence-corrected chi connectivity index (χ4v) is 3.39. The van der Waals surface area contributed by atoms with E-state index in [4.69, 9.17) is 0 Å². The molecule has 4 N–H and O–H groups in total. The van der Waals surface area contributed by atoms with Crippen molar-refractivity contribution in [3.63, 3.8) is 0 Å². The third-order valence-corrected chi connectivity index (χ3v) is 4.54. The summed E-state index contributed by atoms with van der Waals surface area (Å²) in [7, 11) is 0. The number of aliphatic hydroxyl groups excluding tert-OH is 4. The third kappa shape index (κ3) is 1.79. The maximum atomic E-state index is 10.3. The Morgan fingerprint density at radius 3 is 1.41 bits per heavy atom. The van der Waals surface area contributed by atoms with Crippen molar-refractivity contribution in [2.75, 3.05) is 0 Å². The lowest BCUT2D eigenvalue weighted by Gasteiger charge is -2.27. The average molecular weight is 296 g/mol. The molecule has 0 heterocycles. The number of aliphatic hydroxyl groups is 4. The molecule has 0 fully saturated rings. The highest BCUT2D eigenvalue weighted by Gasteiger charge is 2.28. The first-order chi connectivity index (χ1) is 10.6. The molecule has 0 bridgehead atoms. The van der Waals surface area contributed by atoms with Crippen molar-refractivity contribution in [1.82, 2.24) is 0 Å². The number of hydrogen-bond acceptors (Lipinski definition) is 4. The molecule has 4 heteroatoms. The van der Waals surface area contributed by atoms with Gasteiger partial charge in [0.25, 0.3) is 0 Å². The Hall–Kier alpha value is -1.98. The van der Waals surface area contributed by atoms with Crippen LogP contribution in [0.5, 0.6) is 0 Å². The molecule has 0 radical (unpaired) electrons. The van der Waals surface area contributed by atoms with Crippen LogP contribution in [-0.4, -0.2) is 32.6 Å². The summed E-state index contributed by atoms with van der Waals surface area (Å²) in [5.74, 6) is 0. The van der Waals surface area contributed by atoms with Gasteiger partial charge in [0.05, 0.1) is 0 Å². The Labute approximate surface area is 127 Å². The summed E-state index contributed by atoms with van der Waals surface area (Å²) in [6, 6.07) is 7.50. The molecule has 2 aliphatic carbocycles. The van der Waals surface area contributed by atoms with Crippen molar-refractivity contribution in [1.29, 1.82) is 0 Å². The van der Waals surface area contributed by atoms with Crippen LogP contribution in [0.15, 0.2) is 36.4 Å². The van der Waals surface area contributed by atoms with Gasteiger partial charge in [-0.3, -0.25) is 0 Å². The van der Waals surface area contributed by atoms with Crippen LogP contribution in [0, 0.1) is 0 Å². The summed E-state index contributed by atoms with van der Waals surface area (Å²) in [4.78, 5) is 0. The summed E-state index contributed by atoms with van der Waals surface area (Å²) >= 11 is 0. The molecular weight excluding hydrogens is 280 g/mol. The zero-order chi connectivity index (χ0) is 15.4. The average Bonchev–Trinajstić information content (AvgIpc) is 2.53. The van der Waals surface area contributed by atoms with E-state index in [9.17, 15) is 20.4 Å². The minimum Gasteiger partial charge on any atom is -0.386 e. The van der Waals surface area contributed by atoms with Crippen LogP contribution >= 0.6 is 0 Å². The molecule has 0 amide bonds. The minimum atomic E-state index is -0.997. The van der Waals surface area contributed by atoms with Crippen molar-refractivity contribution in [3.8, 4) is 0 Å². The van der Waals surface area contributed by atoms with Gasteiger partial charge in [-0.1, -0.05) is 48.6 Å². The summed E-state index contributed by atoms with van der Waals surface area (Å²) in [6.07, 6.45) is 2.84. The summed E-state index contributed by atoms with van der Waals surface area (Å²) < 4.78 is 0. The van der Waals surface area contributed by atoms with Crippen LogP contribution in [0.25, 0.3) is 22.9 Å². The van der Waals surface area contributed by atoms with Gasteiger partial charge in [0, 0.05) is 0 Å². The number of hydrogen-bond donors (Lipinski definition) is 4.